The van der Waals surface area contributed by atoms with E-state index in [1.807, 2.05) is 19.0 Å². The minimum Gasteiger partial charge on any atom is -0.378 e. The lowest BCUT2D eigenvalue weighted by molar-refractivity contribution is 0.122. The summed E-state index contributed by atoms with van der Waals surface area (Å²) >= 11 is 3.42. The molecule has 0 spiro atoms. The number of aryl methyl sites for hydroxylation is 1. The first-order valence-corrected chi connectivity index (χ1v) is 8.83. The van der Waals surface area contributed by atoms with Crippen LogP contribution in [0.15, 0.2) is 10.00 Å². The number of hydrogen-bond donors (Lipinski definition) is 0. The van der Waals surface area contributed by atoms with E-state index in [1.165, 1.54) is 0 Å². The van der Waals surface area contributed by atoms with E-state index in [0.29, 0.717) is 0 Å². The Morgan fingerprint density at radius 3 is 2.76 bits per heavy atom. The highest BCUT2D eigenvalue weighted by atomic mass is 32.2. The number of fused-ring (bicyclic) bond motifs is 1. The Bertz CT molecular complexity index is 560. The van der Waals surface area contributed by atoms with Crippen LogP contribution < -0.4 is 9.91 Å². The van der Waals surface area contributed by atoms with Crippen molar-refractivity contribution in [2.45, 2.75) is 18.7 Å². The van der Waals surface area contributed by atoms with Gasteiger partial charge in [0.25, 0.3) is 0 Å². The lowest BCUT2D eigenvalue weighted by Gasteiger charge is -2.29. The normalized spacial score (nSPS) is 18.5. The molecule has 0 radical (unpaired) electrons. The van der Waals surface area contributed by atoms with Gasteiger partial charge in [0.1, 0.15) is 0 Å². The predicted octanol–water partition coefficient (Wildman–Crippen LogP) is 2.19. The molecular weight excluding hydrogens is 306 g/mol. The molecule has 2 aliphatic rings. The molecule has 8 heteroatoms. The fraction of sp³-hybridized carbons (Fsp3) is 0.615. The number of anilines is 2. The number of rotatable bonds is 2. The Hall–Kier alpha value is -0.990. The molecule has 3 heterocycles. The van der Waals surface area contributed by atoms with E-state index < -0.39 is 0 Å². The van der Waals surface area contributed by atoms with E-state index in [1.54, 1.807) is 23.5 Å². The number of ether oxygens (including phenoxy) is 1. The quantitative estimate of drug-likeness (QED) is 0.826. The van der Waals surface area contributed by atoms with Gasteiger partial charge in [-0.05, 0) is 12.7 Å². The number of morpholine rings is 1. The molecule has 1 aromatic heterocycles. The molecule has 1 fully saturated rings. The van der Waals surface area contributed by atoms with Gasteiger partial charge in [0.15, 0.2) is 10.2 Å². The van der Waals surface area contributed by atoms with Gasteiger partial charge >= 0.3 is 0 Å². The third-order valence-electron chi connectivity index (χ3n) is 3.29. The van der Waals surface area contributed by atoms with Crippen LogP contribution in [0.5, 0.6) is 0 Å². The Labute approximate surface area is 133 Å². The van der Waals surface area contributed by atoms with Crippen molar-refractivity contribution in [1.29, 1.82) is 0 Å². The maximum atomic E-state index is 5.39. The summed E-state index contributed by atoms with van der Waals surface area (Å²) in [7, 11) is 1.95. The zero-order valence-electron chi connectivity index (χ0n) is 12.5. The topological polar surface area (TPSA) is 53.9 Å². The van der Waals surface area contributed by atoms with Crippen LogP contribution in [0.4, 0.5) is 11.8 Å². The highest BCUT2D eigenvalue weighted by molar-refractivity contribution is 8.39. The van der Waals surface area contributed by atoms with E-state index in [-0.39, 0.29) is 0 Å². The molecule has 0 aliphatic carbocycles. The summed E-state index contributed by atoms with van der Waals surface area (Å²) in [6.45, 7) is 7.34. The van der Waals surface area contributed by atoms with Gasteiger partial charge in [-0.1, -0.05) is 30.4 Å². The van der Waals surface area contributed by atoms with Crippen molar-refractivity contribution in [1.82, 2.24) is 9.97 Å². The highest BCUT2D eigenvalue weighted by Gasteiger charge is 2.25. The second kappa shape index (κ2) is 6.41. The van der Waals surface area contributed by atoms with Crippen LogP contribution in [-0.2, 0) is 4.74 Å². The van der Waals surface area contributed by atoms with E-state index in [4.69, 9.17) is 9.72 Å². The van der Waals surface area contributed by atoms with Crippen LogP contribution in [-0.4, -0.2) is 53.4 Å². The second-order valence-electron chi connectivity index (χ2n) is 4.79. The number of thioether (sulfide) groups is 2. The summed E-state index contributed by atoms with van der Waals surface area (Å²) in [6, 6.07) is 0. The maximum Gasteiger partial charge on any atom is 0.227 e. The molecule has 0 amide bonds. The SMILES string of the molecule is CCSC1=NN(C)c2nc(N3CCOCC3)nc(C)c2S1. The Balaban J connectivity index is 1.91. The molecule has 3 rings (SSSR count). The molecule has 2 aliphatic heterocycles. The van der Waals surface area contributed by atoms with Crippen LogP contribution in [0.3, 0.4) is 0 Å². The minimum atomic E-state index is 0.736. The molecule has 21 heavy (non-hydrogen) atoms. The van der Waals surface area contributed by atoms with Gasteiger partial charge in [-0.3, -0.25) is 0 Å². The van der Waals surface area contributed by atoms with E-state index in [2.05, 4.69) is 21.9 Å². The molecule has 0 unspecified atom stereocenters. The zero-order valence-corrected chi connectivity index (χ0v) is 14.1. The number of hydrazone groups is 1. The Kier molecular flexibility index (Phi) is 4.56. The van der Waals surface area contributed by atoms with E-state index in [9.17, 15) is 0 Å². The molecule has 114 valence electrons. The molecule has 1 aromatic rings. The summed E-state index contributed by atoms with van der Waals surface area (Å²) in [5.74, 6) is 2.69. The average molecular weight is 325 g/mol. The van der Waals surface area contributed by atoms with Crippen molar-refractivity contribution in [2.24, 2.45) is 5.10 Å². The fourth-order valence-corrected chi connectivity index (χ4v) is 4.30. The molecule has 0 bridgehead atoms. The number of nitrogens with zero attached hydrogens (tertiary/aromatic N) is 5. The molecular formula is C13H19N5OS2. The van der Waals surface area contributed by atoms with E-state index >= 15 is 0 Å². The number of hydrogen-bond acceptors (Lipinski definition) is 8. The van der Waals surface area contributed by atoms with Crippen LogP contribution in [0.1, 0.15) is 12.6 Å². The lowest BCUT2D eigenvalue weighted by Crippen LogP contribution is -2.37. The smallest absolute Gasteiger partial charge is 0.227 e. The lowest BCUT2D eigenvalue weighted by atomic mass is 10.4. The van der Waals surface area contributed by atoms with Gasteiger partial charge in [-0.2, -0.15) is 10.1 Å². The van der Waals surface area contributed by atoms with Gasteiger partial charge in [0, 0.05) is 20.1 Å². The van der Waals surface area contributed by atoms with Gasteiger partial charge in [-0.25, -0.2) is 9.99 Å². The summed E-state index contributed by atoms with van der Waals surface area (Å²) in [6.07, 6.45) is 0. The molecule has 6 nitrogen and oxygen atoms in total. The largest absolute Gasteiger partial charge is 0.378 e. The van der Waals surface area contributed by atoms with Crippen LogP contribution in [0, 0.1) is 6.92 Å². The Morgan fingerprint density at radius 1 is 1.29 bits per heavy atom. The molecule has 0 N–H and O–H groups in total. The molecule has 1 saturated heterocycles. The molecule has 0 atom stereocenters. The summed E-state index contributed by atoms with van der Waals surface area (Å²) in [5, 5.41) is 6.45. The maximum absolute atomic E-state index is 5.39. The van der Waals surface area contributed by atoms with Crippen molar-refractivity contribution in [3.05, 3.63) is 5.69 Å². The first-order chi connectivity index (χ1) is 10.2. The Morgan fingerprint density at radius 2 is 2.05 bits per heavy atom. The first-order valence-electron chi connectivity index (χ1n) is 7.03. The van der Waals surface area contributed by atoms with Crippen LogP contribution in [0.25, 0.3) is 0 Å². The standard InChI is InChI=1S/C13H19N5OS2/c1-4-20-13-16-17(3)11-10(21-13)9(2)14-12(15-11)18-5-7-19-8-6-18/h4-8H2,1-3H3. The van der Waals surface area contributed by atoms with E-state index in [0.717, 1.165) is 58.8 Å². The second-order valence-corrected chi connectivity index (χ2v) is 7.30. The number of aromatic nitrogens is 2. The highest BCUT2D eigenvalue weighted by Crippen LogP contribution is 2.39. The summed E-state index contributed by atoms with van der Waals surface area (Å²) < 4.78 is 6.44. The summed E-state index contributed by atoms with van der Waals surface area (Å²) in [5.41, 5.74) is 1.02. The third-order valence-corrected chi connectivity index (χ3v) is 5.45. The van der Waals surface area contributed by atoms with Gasteiger partial charge in [0.2, 0.25) is 5.95 Å². The van der Waals surface area contributed by atoms with Crippen LogP contribution in [0.2, 0.25) is 0 Å². The van der Waals surface area contributed by atoms with Gasteiger partial charge in [0.05, 0.1) is 23.8 Å². The average Bonchev–Trinajstić information content (AvgIpc) is 2.49. The van der Waals surface area contributed by atoms with Crippen molar-refractivity contribution in [2.75, 3.05) is 49.0 Å². The van der Waals surface area contributed by atoms with Gasteiger partial charge in [-0.15, -0.1) is 0 Å². The molecule has 0 aromatic carbocycles. The van der Waals surface area contributed by atoms with Crippen LogP contribution >= 0.6 is 23.5 Å². The third kappa shape index (κ3) is 3.12. The zero-order chi connectivity index (χ0) is 14.8. The predicted molar refractivity (Wildman–Crippen MR) is 89.6 cm³/mol. The van der Waals surface area contributed by atoms with Crippen molar-refractivity contribution in [3.8, 4) is 0 Å². The monoisotopic (exact) mass is 325 g/mol. The first kappa shape index (κ1) is 14.9. The van der Waals surface area contributed by atoms with Crippen molar-refractivity contribution >= 4 is 39.7 Å². The van der Waals surface area contributed by atoms with Crippen molar-refractivity contribution in [3.63, 3.8) is 0 Å². The minimum absolute atomic E-state index is 0.736. The molecule has 0 saturated carbocycles. The van der Waals surface area contributed by atoms with Crippen molar-refractivity contribution < 1.29 is 4.74 Å². The van der Waals surface area contributed by atoms with Gasteiger partial charge < -0.3 is 9.64 Å². The summed E-state index contributed by atoms with van der Waals surface area (Å²) in [4.78, 5) is 12.7. The fourth-order valence-electron chi connectivity index (χ4n) is 2.24.